The Bertz CT molecular complexity index is 548. The number of rotatable bonds is 6. The van der Waals surface area contributed by atoms with Crippen molar-refractivity contribution in [2.45, 2.75) is 4.90 Å². The zero-order chi connectivity index (χ0) is 14.4. The Labute approximate surface area is 121 Å². The molecule has 2 aromatic rings. The lowest BCUT2D eigenvalue weighted by atomic mass is 9.80. The van der Waals surface area contributed by atoms with Crippen molar-refractivity contribution < 1.29 is 19.2 Å². The molecule has 0 amide bonds. The molecule has 104 valence electrons. The van der Waals surface area contributed by atoms with E-state index >= 15 is 0 Å². The zero-order valence-corrected chi connectivity index (χ0v) is 11.5. The molecule has 3 nitrogen and oxygen atoms in total. The number of benzene rings is 2. The van der Waals surface area contributed by atoms with E-state index < -0.39 is 7.12 Å². The van der Waals surface area contributed by atoms with Crippen molar-refractivity contribution in [3.8, 4) is 5.75 Å². The van der Waals surface area contributed by atoms with E-state index in [0.29, 0.717) is 23.6 Å². The molecule has 2 rings (SSSR count). The van der Waals surface area contributed by atoms with Gasteiger partial charge in [0.25, 0.3) is 0 Å². The van der Waals surface area contributed by atoms with Crippen molar-refractivity contribution in [1.29, 1.82) is 0 Å². The molecule has 0 heterocycles. The van der Waals surface area contributed by atoms with Gasteiger partial charge in [0.05, 0.1) is 6.61 Å². The fourth-order valence-electron chi connectivity index (χ4n) is 1.61. The number of ether oxygens (including phenoxy) is 1. The lowest BCUT2D eigenvalue weighted by molar-refractivity contribution is 0.344. The highest BCUT2D eigenvalue weighted by molar-refractivity contribution is 7.99. The van der Waals surface area contributed by atoms with E-state index in [-0.39, 0.29) is 5.82 Å². The average molecular weight is 292 g/mol. The van der Waals surface area contributed by atoms with Crippen LogP contribution in [0.3, 0.4) is 0 Å². The predicted molar refractivity (Wildman–Crippen MR) is 78.9 cm³/mol. The van der Waals surface area contributed by atoms with Gasteiger partial charge in [-0.15, -0.1) is 11.8 Å². The Kier molecular flexibility index (Phi) is 5.46. The summed E-state index contributed by atoms with van der Waals surface area (Å²) in [6, 6.07) is 13.0. The molecule has 2 N–H and O–H groups in total. The molecule has 0 unspecified atom stereocenters. The van der Waals surface area contributed by atoms with Gasteiger partial charge in [0.15, 0.2) is 0 Å². The Hall–Kier alpha value is -1.50. The van der Waals surface area contributed by atoms with Crippen molar-refractivity contribution in [2.24, 2.45) is 0 Å². The van der Waals surface area contributed by atoms with Crippen LogP contribution < -0.4 is 10.2 Å². The average Bonchev–Trinajstić information content (AvgIpc) is 2.44. The second-order valence-corrected chi connectivity index (χ2v) is 5.27. The van der Waals surface area contributed by atoms with Gasteiger partial charge < -0.3 is 14.8 Å². The SMILES string of the molecule is OB(O)c1ccc(OCCSc2cccc(F)c2)cc1. The summed E-state index contributed by atoms with van der Waals surface area (Å²) in [4.78, 5) is 0.868. The van der Waals surface area contributed by atoms with Crippen LogP contribution in [0.4, 0.5) is 4.39 Å². The summed E-state index contributed by atoms with van der Waals surface area (Å²) < 4.78 is 18.5. The second kappa shape index (κ2) is 7.33. The first-order valence-electron chi connectivity index (χ1n) is 6.12. The van der Waals surface area contributed by atoms with Crippen molar-refractivity contribution in [3.05, 3.63) is 54.3 Å². The quantitative estimate of drug-likeness (QED) is 0.483. The summed E-state index contributed by atoms with van der Waals surface area (Å²) >= 11 is 1.52. The summed E-state index contributed by atoms with van der Waals surface area (Å²) in [6.45, 7) is 0.488. The highest BCUT2D eigenvalue weighted by Crippen LogP contribution is 2.18. The van der Waals surface area contributed by atoms with Crippen molar-refractivity contribution >= 4 is 24.3 Å². The van der Waals surface area contributed by atoms with E-state index in [9.17, 15) is 4.39 Å². The monoisotopic (exact) mass is 292 g/mol. The molecule has 0 spiro atoms. The van der Waals surface area contributed by atoms with Gasteiger partial charge in [0.2, 0.25) is 0 Å². The molecular weight excluding hydrogens is 278 g/mol. The van der Waals surface area contributed by atoms with Gasteiger partial charge >= 0.3 is 7.12 Å². The van der Waals surface area contributed by atoms with Crippen molar-refractivity contribution in [2.75, 3.05) is 12.4 Å². The van der Waals surface area contributed by atoms with E-state index in [1.54, 1.807) is 30.3 Å². The van der Waals surface area contributed by atoms with Gasteiger partial charge in [-0.2, -0.15) is 0 Å². The molecule has 0 aromatic heterocycles. The fraction of sp³-hybridized carbons (Fsp3) is 0.143. The maximum absolute atomic E-state index is 13.0. The molecule has 0 aliphatic heterocycles. The molecule has 0 fully saturated rings. The zero-order valence-electron chi connectivity index (χ0n) is 10.7. The van der Waals surface area contributed by atoms with Gasteiger partial charge in [-0.3, -0.25) is 0 Å². The second-order valence-electron chi connectivity index (χ2n) is 4.10. The summed E-state index contributed by atoms with van der Waals surface area (Å²) in [5.74, 6) is 1.12. The van der Waals surface area contributed by atoms with Crippen LogP contribution in [0.5, 0.6) is 5.75 Å². The Morgan fingerprint density at radius 3 is 2.50 bits per heavy atom. The molecule has 0 atom stereocenters. The number of hydrogen-bond acceptors (Lipinski definition) is 4. The Morgan fingerprint density at radius 2 is 1.85 bits per heavy atom. The number of thioether (sulfide) groups is 1. The maximum atomic E-state index is 13.0. The predicted octanol–water partition coefficient (Wildman–Crippen LogP) is 1.68. The molecule has 6 heteroatoms. The molecular formula is C14H14BFO3S. The summed E-state index contributed by atoms with van der Waals surface area (Å²) in [7, 11) is -1.47. The number of halogens is 1. The van der Waals surface area contributed by atoms with Gasteiger partial charge in [-0.05, 0) is 35.8 Å². The van der Waals surface area contributed by atoms with Crippen molar-refractivity contribution in [3.63, 3.8) is 0 Å². The number of hydrogen-bond donors (Lipinski definition) is 2. The van der Waals surface area contributed by atoms with Crippen LogP contribution in [0.25, 0.3) is 0 Å². The molecule has 0 radical (unpaired) electrons. The van der Waals surface area contributed by atoms with Crippen LogP contribution in [-0.4, -0.2) is 29.5 Å². The van der Waals surface area contributed by atoms with E-state index in [4.69, 9.17) is 14.8 Å². The van der Waals surface area contributed by atoms with E-state index in [1.165, 1.54) is 23.9 Å². The Balaban J connectivity index is 1.75. The van der Waals surface area contributed by atoms with Crippen LogP contribution in [0.1, 0.15) is 0 Å². The first-order chi connectivity index (χ1) is 9.65. The van der Waals surface area contributed by atoms with Crippen molar-refractivity contribution in [1.82, 2.24) is 0 Å². The minimum atomic E-state index is -1.47. The molecule has 0 saturated heterocycles. The molecule has 2 aromatic carbocycles. The third kappa shape index (κ3) is 4.56. The molecule has 0 saturated carbocycles. The molecule has 0 aliphatic rings. The van der Waals surface area contributed by atoms with Crippen LogP contribution in [0.15, 0.2) is 53.4 Å². The van der Waals surface area contributed by atoms with Crippen LogP contribution in [-0.2, 0) is 0 Å². The van der Waals surface area contributed by atoms with Crippen LogP contribution in [0.2, 0.25) is 0 Å². The normalized spacial score (nSPS) is 10.3. The molecule has 0 bridgehead atoms. The highest BCUT2D eigenvalue weighted by atomic mass is 32.2. The van der Waals surface area contributed by atoms with Gasteiger partial charge in [0.1, 0.15) is 11.6 Å². The van der Waals surface area contributed by atoms with Gasteiger partial charge in [-0.25, -0.2) is 4.39 Å². The third-order valence-corrected chi connectivity index (χ3v) is 3.55. The maximum Gasteiger partial charge on any atom is 0.488 e. The van der Waals surface area contributed by atoms with Crippen LogP contribution in [0, 0.1) is 5.82 Å². The van der Waals surface area contributed by atoms with E-state index in [0.717, 1.165) is 4.90 Å². The Morgan fingerprint density at radius 1 is 1.10 bits per heavy atom. The van der Waals surface area contributed by atoms with Gasteiger partial charge in [0, 0.05) is 10.6 Å². The summed E-state index contributed by atoms with van der Waals surface area (Å²) in [5, 5.41) is 17.9. The highest BCUT2D eigenvalue weighted by Gasteiger charge is 2.09. The lowest BCUT2D eigenvalue weighted by Crippen LogP contribution is -2.29. The van der Waals surface area contributed by atoms with Gasteiger partial charge in [-0.1, -0.05) is 18.2 Å². The lowest BCUT2D eigenvalue weighted by Gasteiger charge is -2.07. The molecule has 0 aliphatic carbocycles. The first kappa shape index (κ1) is 14.9. The standard InChI is InChI=1S/C14H14BFO3S/c16-12-2-1-3-14(10-12)20-9-8-19-13-6-4-11(5-7-13)15(17)18/h1-7,10,17-18H,8-9H2. The van der Waals surface area contributed by atoms with E-state index in [1.807, 2.05) is 6.07 Å². The van der Waals surface area contributed by atoms with E-state index in [2.05, 4.69) is 0 Å². The summed E-state index contributed by atoms with van der Waals surface area (Å²) in [6.07, 6.45) is 0. The topological polar surface area (TPSA) is 49.7 Å². The van der Waals surface area contributed by atoms with Crippen LogP contribution >= 0.6 is 11.8 Å². The minimum absolute atomic E-state index is 0.242. The first-order valence-corrected chi connectivity index (χ1v) is 7.11. The third-order valence-electron chi connectivity index (χ3n) is 2.60. The molecule has 20 heavy (non-hydrogen) atoms. The smallest absolute Gasteiger partial charge is 0.488 e. The largest absolute Gasteiger partial charge is 0.493 e. The fourth-order valence-corrected chi connectivity index (χ4v) is 2.39. The summed E-state index contributed by atoms with van der Waals surface area (Å²) in [5.41, 5.74) is 0.423. The minimum Gasteiger partial charge on any atom is -0.493 e.